The number of carbonyl (C=O) groups is 2. The Morgan fingerprint density at radius 1 is 1.11 bits per heavy atom. The normalized spacial score (nSPS) is 15.9. The first kappa shape index (κ1) is 25.0. The van der Waals surface area contributed by atoms with E-state index >= 15 is 0 Å². The molecule has 6 nitrogen and oxygen atoms in total. The Morgan fingerprint density at radius 2 is 1.89 bits per heavy atom. The van der Waals surface area contributed by atoms with Crippen molar-refractivity contribution in [3.05, 3.63) is 58.7 Å². The monoisotopic (exact) mass is 490 g/mol. The van der Waals surface area contributed by atoms with Crippen molar-refractivity contribution in [2.45, 2.75) is 57.2 Å². The molecule has 188 valence electrons. The molecule has 1 fully saturated rings. The molecule has 2 N–H and O–H groups in total. The molecule has 1 amide bonds. The fourth-order valence-electron chi connectivity index (χ4n) is 4.91. The average Bonchev–Trinajstić information content (AvgIpc) is 3.49. The van der Waals surface area contributed by atoms with Crippen molar-refractivity contribution in [3.8, 4) is 5.75 Å². The third-order valence-corrected chi connectivity index (χ3v) is 6.66. The van der Waals surface area contributed by atoms with Crippen molar-refractivity contribution in [2.75, 3.05) is 24.5 Å². The van der Waals surface area contributed by atoms with Crippen LogP contribution in [-0.2, 0) is 28.8 Å². The van der Waals surface area contributed by atoms with Crippen molar-refractivity contribution in [2.24, 2.45) is 0 Å². The number of aliphatic carboxylic acids is 1. The molecule has 1 heterocycles. The number of carboxylic acid groups (broad SMARTS) is 1. The number of ether oxygens (including phenoxy) is 1. The van der Waals surface area contributed by atoms with Crippen molar-refractivity contribution in [3.63, 3.8) is 0 Å². The van der Waals surface area contributed by atoms with Crippen LogP contribution in [-0.4, -0.2) is 36.6 Å². The van der Waals surface area contributed by atoms with Crippen LogP contribution in [0.5, 0.6) is 5.75 Å². The van der Waals surface area contributed by atoms with Crippen molar-refractivity contribution in [1.29, 1.82) is 0 Å². The lowest BCUT2D eigenvalue weighted by atomic mass is 9.91. The van der Waals surface area contributed by atoms with E-state index in [4.69, 9.17) is 9.84 Å². The van der Waals surface area contributed by atoms with Crippen molar-refractivity contribution >= 4 is 17.6 Å². The number of carboxylic acids is 1. The molecule has 9 heteroatoms. The number of hydrogen-bond donors (Lipinski definition) is 2. The molecule has 1 aliphatic carbocycles. The molecule has 0 unspecified atom stereocenters. The van der Waals surface area contributed by atoms with E-state index in [1.54, 1.807) is 17.0 Å². The summed E-state index contributed by atoms with van der Waals surface area (Å²) in [6.07, 6.45) is -0.284. The largest absolute Gasteiger partial charge is 0.489 e. The second-order valence-corrected chi connectivity index (χ2v) is 9.10. The van der Waals surface area contributed by atoms with E-state index in [-0.39, 0.29) is 37.9 Å². The van der Waals surface area contributed by atoms with Crippen LogP contribution < -0.4 is 15.0 Å². The Hall–Kier alpha value is -3.07. The summed E-state index contributed by atoms with van der Waals surface area (Å²) in [6, 6.07) is 9.72. The quantitative estimate of drug-likeness (QED) is 0.489. The maximum atomic E-state index is 13.5. The molecule has 0 spiro atoms. The van der Waals surface area contributed by atoms with Gasteiger partial charge in [0.15, 0.2) is 0 Å². The molecule has 4 rings (SSSR count). The van der Waals surface area contributed by atoms with Crippen LogP contribution in [0.25, 0.3) is 0 Å². The standard InChI is InChI=1S/C26H29F3N2O4/c27-26(28,29)22-7-5-17(13-21(22)18-3-1-2-4-18)16-35-20-6-8-23-19(14-20)10-12-31(23)24(32)15-30-11-9-25(33)34/h5-8,13-14,18,30H,1-4,9-12,15-16H2,(H,33,34). The molecule has 1 saturated carbocycles. The summed E-state index contributed by atoms with van der Waals surface area (Å²) in [4.78, 5) is 24.7. The highest BCUT2D eigenvalue weighted by Gasteiger charge is 2.36. The van der Waals surface area contributed by atoms with Gasteiger partial charge >= 0.3 is 12.1 Å². The van der Waals surface area contributed by atoms with E-state index in [1.165, 1.54) is 12.1 Å². The Morgan fingerprint density at radius 3 is 2.60 bits per heavy atom. The van der Waals surface area contributed by atoms with Gasteiger partial charge in [0.05, 0.1) is 18.5 Å². The Balaban J connectivity index is 1.39. The van der Waals surface area contributed by atoms with Gasteiger partial charge in [0.25, 0.3) is 0 Å². The molecule has 2 aliphatic rings. The lowest BCUT2D eigenvalue weighted by Gasteiger charge is -2.19. The van der Waals surface area contributed by atoms with Gasteiger partial charge in [0.1, 0.15) is 12.4 Å². The first-order valence-electron chi connectivity index (χ1n) is 11.9. The first-order valence-corrected chi connectivity index (χ1v) is 11.9. The minimum absolute atomic E-state index is 0.0500. The minimum Gasteiger partial charge on any atom is -0.489 e. The molecule has 2 aromatic carbocycles. The van der Waals surface area contributed by atoms with Crippen LogP contribution >= 0.6 is 0 Å². The number of carbonyl (C=O) groups excluding carboxylic acids is 1. The van der Waals surface area contributed by atoms with Gasteiger partial charge in [0, 0.05) is 18.8 Å². The molecule has 2 aromatic rings. The zero-order valence-electron chi connectivity index (χ0n) is 19.4. The molecule has 0 aromatic heterocycles. The molecule has 0 saturated heterocycles. The fraction of sp³-hybridized carbons (Fsp3) is 0.462. The fourth-order valence-corrected chi connectivity index (χ4v) is 4.91. The smallest absolute Gasteiger partial charge is 0.416 e. The topological polar surface area (TPSA) is 78.9 Å². The summed E-state index contributed by atoms with van der Waals surface area (Å²) in [5.41, 5.74) is 2.27. The van der Waals surface area contributed by atoms with Gasteiger partial charge < -0.3 is 20.1 Å². The second kappa shape index (κ2) is 10.7. The molecule has 35 heavy (non-hydrogen) atoms. The molecule has 0 atom stereocenters. The van der Waals surface area contributed by atoms with E-state index in [2.05, 4.69) is 5.32 Å². The number of anilines is 1. The van der Waals surface area contributed by atoms with Crippen LogP contribution in [0.15, 0.2) is 36.4 Å². The summed E-state index contributed by atoms with van der Waals surface area (Å²) >= 11 is 0. The zero-order valence-corrected chi connectivity index (χ0v) is 19.4. The Kier molecular flexibility index (Phi) is 7.64. The van der Waals surface area contributed by atoms with Gasteiger partial charge in [0.2, 0.25) is 5.91 Å². The highest BCUT2D eigenvalue weighted by molar-refractivity contribution is 5.96. The SMILES string of the molecule is O=C(O)CCNCC(=O)N1CCc2cc(OCc3ccc(C(F)(F)F)c(C4CCCC4)c3)ccc21. The van der Waals surface area contributed by atoms with E-state index in [0.717, 1.165) is 36.9 Å². The maximum Gasteiger partial charge on any atom is 0.416 e. The van der Waals surface area contributed by atoms with Gasteiger partial charge in [-0.1, -0.05) is 25.0 Å². The minimum atomic E-state index is -4.37. The summed E-state index contributed by atoms with van der Waals surface area (Å²) in [6.45, 7) is 0.970. The van der Waals surface area contributed by atoms with Crippen LogP contribution in [0.4, 0.5) is 18.9 Å². The average molecular weight is 491 g/mol. The van der Waals surface area contributed by atoms with Gasteiger partial charge in [-0.25, -0.2) is 0 Å². The summed E-state index contributed by atoms with van der Waals surface area (Å²) in [7, 11) is 0. The number of halogens is 3. The number of rotatable bonds is 9. The first-order chi connectivity index (χ1) is 16.7. The highest BCUT2D eigenvalue weighted by atomic mass is 19.4. The third kappa shape index (κ3) is 6.14. The predicted octanol–water partition coefficient (Wildman–Crippen LogP) is 4.90. The number of alkyl halides is 3. The van der Waals surface area contributed by atoms with Gasteiger partial charge in [-0.2, -0.15) is 13.2 Å². The predicted molar refractivity (Wildman–Crippen MR) is 125 cm³/mol. The number of nitrogens with one attached hydrogen (secondary N) is 1. The van der Waals surface area contributed by atoms with Crippen LogP contribution in [0.1, 0.15) is 60.3 Å². The molecule has 1 aliphatic heterocycles. The van der Waals surface area contributed by atoms with Crippen LogP contribution in [0, 0.1) is 0 Å². The summed E-state index contributed by atoms with van der Waals surface area (Å²) in [5.74, 6) is -0.518. The number of amides is 1. The lowest BCUT2D eigenvalue weighted by Crippen LogP contribution is -2.37. The molecule has 0 bridgehead atoms. The number of fused-ring (bicyclic) bond motifs is 1. The second-order valence-electron chi connectivity index (χ2n) is 9.10. The van der Waals surface area contributed by atoms with E-state index < -0.39 is 17.7 Å². The molecular weight excluding hydrogens is 461 g/mol. The molecular formula is C26H29F3N2O4. The van der Waals surface area contributed by atoms with Gasteiger partial charge in [-0.15, -0.1) is 0 Å². The van der Waals surface area contributed by atoms with E-state index in [0.29, 0.717) is 29.8 Å². The zero-order chi connectivity index (χ0) is 25.0. The Labute approximate surface area is 202 Å². The third-order valence-electron chi connectivity index (χ3n) is 6.66. The van der Waals surface area contributed by atoms with Crippen LogP contribution in [0.3, 0.4) is 0 Å². The van der Waals surface area contributed by atoms with Crippen LogP contribution in [0.2, 0.25) is 0 Å². The number of nitrogens with zero attached hydrogens (tertiary/aromatic N) is 1. The van der Waals surface area contributed by atoms with Gasteiger partial charge in [-0.05, 0) is 66.1 Å². The van der Waals surface area contributed by atoms with E-state index in [1.807, 2.05) is 12.1 Å². The van der Waals surface area contributed by atoms with Crippen molar-refractivity contribution < 1.29 is 32.6 Å². The summed E-state index contributed by atoms with van der Waals surface area (Å²) in [5, 5.41) is 11.5. The Bertz CT molecular complexity index is 1080. The number of benzene rings is 2. The van der Waals surface area contributed by atoms with Crippen molar-refractivity contribution in [1.82, 2.24) is 5.32 Å². The number of hydrogen-bond acceptors (Lipinski definition) is 4. The molecule has 0 radical (unpaired) electrons. The van der Waals surface area contributed by atoms with E-state index in [9.17, 15) is 22.8 Å². The maximum absolute atomic E-state index is 13.5. The van der Waals surface area contributed by atoms with Gasteiger partial charge in [-0.3, -0.25) is 9.59 Å². The highest BCUT2D eigenvalue weighted by Crippen LogP contribution is 2.42. The lowest BCUT2D eigenvalue weighted by molar-refractivity contribution is -0.138. The summed E-state index contributed by atoms with van der Waals surface area (Å²) < 4.78 is 46.5.